The molecule has 19 heavy (non-hydrogen) atoms. The standard InChI is InChI=1S/C13H16BrNO3S/c14-10-5-8-1-3-18-12(8)9(6-10)7-19-4-2-11(15)13(16)17/h5-6,11H,1-4,7,15H2,(H,16,17). The van der Waals surface area contributed by atoms with E-state index in [-0.39, 0.29) is 0 Å². The fraction of sp³-hybridized carbons (Fsp3) is 0.462. The quantitative estimate of drug-likeness (QED) is 0.774. The van der Waals surface area contributed by atoms with Gasteiger partial charge in [-0.15, -0.1) is 0 Å². The lowest BCUT2D eigenvalue weighted by molar-refractivity contribution is -0.138. The Morgan fingerprint density at radius 3 is 3.11 bits per heavy atom. The van der Waals surface area contributed by atoms with E-state index in [0.29, 0.717) is 6.42 Å². The van der Waals surface area contributed by atoms with Gasteiger partial charge in [-0.2, -0.15) is 11.8 Å². The second-order valence-corrected chi connectivity index (χ2v) is 6.46. The molecule has 0 radical (unpaired) electrons. The minimum atomic E-state index is -0.938. The molecular formula is C13H16BrNO3S. The van der Waals surface area contributed by atoms with Crippen molar-refractivity contribution in [2.45, 2.75) is 24.6 Å². The van der Waals surface area contributed by atoms with Gasteiger partial charge in [-0.05, 0) is 29.9 Å². The number of benzene rings is 1. The molecule has 6 heteroatoms. The Labute approximate surface area is 124 Å². The summed E-state index contributed by atoms with van der Waals surface area (Å²) in [6.07, 6.45) is 1.44. The summed E-state index contributed by atoms with van der Waals surface area (Å²) < 4.78 is 6.71. The van der Waals surface area contributed by atoms with E-state index in [1.165, 1.54) is 5.56 Å². The third kappa shape index (κ3) is 3.87. The number of nitrogens with two attached hydrogens (primary N) is 1. The summed E-state index contributed by atoms with van der Waals surface area (Å²) in [6.45, 7) is 0.743. The van der Waals surface area contributed by atoms with Crippen LogP contribution in [0.3, 0.4) is 0 Å². The average molecular weight is 346 g/mol. The molecule has 1 aliphatic heterocycles. The second-order valence-electron chi connectivity index (χ2n) is 4.44. The maximum absolute atomic E-state index is 10.6. The number of rotatable bonds is 6. The summed E-state index contributed by atoms with van der Waals surface area (Å²) >= 11 is 5.19. The molecule has 3 N–H and O–H groups in total. The molecule has 1 heterocycles. The van der Waals surface area contributed by atoms with Crippen molar-refractivity contribution < 1.29 is 14.6 Å². The van der Waals surface area contributed by atoms with Crippen LogP contribution in [-0.4, -0.2) is 29.5 Å². The van der Waals surface area contributed by atoms with E-state index in [1.807, 2.05) is 0 Å². The van der Waals surface area contributed by atoms with Gasteiger partial charge < -0.3 is 15.6 Å². The Hall–Kier alpha value is -0.720. The number of carbonyl (C=O) groups is 1. The molecule has 0 saturated heterocycles. The highest BCUT2D eigenvalue weighted by Gasteiger charge is 2.17. The van der Waals surface area contributed by atoms with Crippen molar-refractivity contribution in [3.63, 3.8) is 0 Å². The minimum Gasteiger partial charge on any atom is -0.493 e. The molecule has 104 valence electrons. The van der Waals surface area contributed by atoms with E-state index < -0.39 is 12.0 Å². The van der Waals surface area contributed by atoms with Gasteiger partial charge in [0, 0.05) is 22.2 Å². The largest absolute Gasteiger partial charge is 0.493 e. The SMILES string of the molecule is NC(CCSCc1cc(Br)cc2c1OCC2)C(=O)O. The molecular weight excluding hydrogens is 330 g/mol. The summed E-state index contributed by atoms with van der Waals surface area (Å²) in [5, 5.41) is 8.70. The Bertz CT molecular complexity index is 481. The zero-order valence-electron chi connectivity index (χ0n) is 10.4. The molecule has 0 aromatic heterocycles. The number of halogens is 1. The number of hydrogen-bond acceptors (Lipinski definition) is 4. The first-order valence-electron chi connectivity index (χ1n) is 6.08. The first kappa shape index (κ1) is 14.7. The van der Waals surface area contributed by atoms with Crippen LogP contribution >= 0.6 is 27.7 Å². The first-order chi connectivity index (χ1) is 9.08. The van der Waals surface area contributed by atoms with E-state index in [4.69, 9.17) is 15.6 Å². The van der Waals surface area contributed by atoms with Crippen molar-refractivity contribution in [2.75, 3.05) is 12.4 Å². The third-order valence-electron chi connectivity index (χ3n) is 2.97. The molecule has 0 saturated carbocycles. The van der Waals surface area contributed by atoms with Crippen molar-refractivity contribution in [2.24, 2.45) is 5.73 Å². The number of ether oxygens (including phenoxy) is 1. The van der Waals surface area contributed by atoms with E-state index in [1.54, 1.807) is 11.8 Å². The summed E-state index contributed by atoms with van der Waals surface area (Å²) in [5.74, 6) is 1.61. The Morgan fingerprint density at radius 2 is 2.37 bits per heavy atom. The molecule has 1 aromatic carbocycles. The van der Waals surface area contributed by atoms with E-state index in [2.05, 4.69) is 28.1 Å². The predicted octanol–water partition coefficient (Wildman–Crippen LogP) is 2.42. The molecule has 1 aliphatic rings. The van der Waals surface area contributed by atoms with Crippen LogP contribution in [-0.2, 0) is 17.0 Å². The fourth-order valence-corrected chi connectivity index (χ4v) is 3.52. The Morgan fingerprint density at radius 1 is 1.58 bits per heavy atom. The number of thioether (sulfide) groups is 1. The molecule has 0 bridgehead atoms. The summed E-state index contributed by atoms with van der Waals surface area (Å²) in [5.41, 5.74) is 7.87. The number of fused-ring (bicyclic) bond motifs is 1. The lowest BCUT2D eigenvalue weighted by Gasteiger charge is -2.10. The van der Waals surface area contributed by atoms with Crippen LogP contribution < -0.4 is 10.5 Å². The number of carboxylic acids is 1. The van der Waals surface area contributed by atoms with E-state index >= 15 is 0 Å². The normalized spacial score (nSPS) is 14.8. The highest BCUT2D eigenvalue weighted by Crippen LogP contribution is 2.35. The zero-order valence-corrected chi connectivity index (χ0v) is 12.8. The molecule has 0 fully saturated rings. The van der Waals surface area contributed by atoms with Crippen LogP contribution in [0.4, 0.5) is 0 Å². The molecule has 1 aromatic rings. The highest BCUT2D eigenvalue weighted by atomic mass is 79.9. The van der Waals surface area contributed by atoms with Gasteiger partial charge in [-0.25, -0.2) is 0 Å². The molecule has 2 rings (SSSR count). The monoisotopic (exact) mass is 345 g/mol. The van der Waals surface area contributed by atoms with Crippen molar-refractivity contribution >= 4 is 33.7 Å². The van der Waals surface area contributed by atoms with Gasteiger partial charge in [-0.3, -0.25) is 4.79 Å². The van der Waals surface area contributed by atoms with Gasteiger partial charge in [0.25, 0.3) is 0 Å². The van der Waals surface area contributed by atoms with E-state index in [0.717, 1.165) is 40.3 Å². The lowest BCUT2D eigenvalue weighted by atomic mass is 10.1. The van der Waals surface area contributed by atoms with Crippen LogP contribution in [0.25, 0.3) is 0 Å². The van der Waals surface area contributed by atoms with Crippen LogP contribution in [0, 0.1) is 0 Å². The van der Waals surface area contributed by atoms with Crippen molar-refractivity contribution in [1.29, 1.82) is 0 Å². The molecule has 0 amide bonds. The number of aliphatic carboxylic acids is 1. The second kappa shape index (κ2) is 6.63. The molecule has 4 nitrogen and oxygen atoms in total. The van der Waals surface area contributed by atoms with Crippen LogP contribution in [0.2, 0.25) is 0 Å². The van der Waals surface area contributed by atoms with Gasteiger partial charge >= 0.3 is 5.97 Å². The summed E-state index contributed by atoms with van der Waals surface area (Å²) in [6, 6.07) is 3.39. The van der Waals surface area contributed by atoms with Gasteiger partial charge in [0.15, 0.2) is 0 Å². The topological polar surface area (TPSA) is 72.5 Å². The Balaban J connectivity index is 1.88. The maximum Gasteiger partial charge on any atom is 0.320 e. The average Bonchev–Trinajstić information content (AvgIpc) is 2.81. The van der Waals surface area contributed by atoms with Crippen molar-refractivity contribution in [3.05, 3.63) is 27.7 Å². The Kier molecular flexibility index (Phi) is 5.13. The van der Waals surface area contributed by atoms with Crippen LogP contribution in [0.15, 0.2) is 16.6 Å². The number of carboxylic acid groups (broad SMARTS) is 1. The maximum atomic E-state index is 10.6. The summed E-state index contributed by atoms with van der Waals surface area (Å²) in [7, 11) is 0. The smallest absolute Gasteiger partial charge is 0.320 e. The minimum absolute atomic E-state index is 0.483. The van der Waals surface area contributed by atoms with Crippen LogP contribution in [0.1, 0.15) is 17.5 Å². The molecule has 0 aliphatic carbocycles. The van der Waals surface area contributed by atoms with Crippen LogP contribution in [0.5, 0.6) is 5.75 Å². The van der Waals surface area contributed by atoms with Gasteiger partial charge in [0.05, 0.1) is 6.61 Å². The third-order valence-corrected chi connectivity index (χ3v) is 4.47. The van der Waals surface area contributed by atoms with Gasteiger partial charge in [-0.1, -0.05) is 15.9 Å². The first-order valence-corrected chi connectivity index (χ1v) is 8.03. The van der Waals surface area contributed by atoms with E-state index in [9.17, 15) is 4.79 Å². The highest BCUT2D eigenvalue weighted by molar-refractivity contribution is 9.10. The van der Waals surface area contributed by atoms with Crippen molar-refractivity contribution in [3.8, 4) is 5.75 Å². The lowest BCUT2D eigenvalue weighted by Crippen LogP contribution is -2.30. The van der Waals surface area contributed by atoms with Gasteiger partial charge in [0.2, 0.25) is 0 Å². The predicted molar refractivity (Wildman–Crippen MR) is 79.7 cm³/mol. The molecule has 1 unspecified atom stereocenters. The molecule has 0 spiro atoms. The number of hydrogen-bond donors (Lipinski definition) is 2. The zero-order chi connectivity index (χ0) is 13.8. The molecule has 1 atom stereocenters. The fourth-order valence-electron chi connectivity index (χ4n) is 1.97. The van der Waals surface area contributed by atoms with Crippen molar-refractivity contribution in [1.82, 2.24) is 0 Å². The van der Waals surface area contributed by atoms with Gasteiger partial charge in [0.1, 0.15) is 11.8 Å². The summed E-state index contributed by atoms with van der Waals surface area (Å²) in [4.78, 5) is 10.6.